The van der Waals surface area contributed by atoms with Crippen LogP contribution in [-0.2, 0) is 16.4 Å². The zero-order chi connectivity index (χ0) is 13.9. The summed E-state index contributed by atoms with van der Waals surface area (Å²) in [4.78, 5) is 0.0492. The van der Waals surface area contributed by atoms with Gasteiger partial charge in [0.2, 0.25) is 10.0 Å². The molecule has 0 radical (unpaired) electrons. The second kappa shape index (κ2) is 5.60. The van der Waals surface area contributed by atoms with Gasteiger partial charge < -0.3 is 10.8 Å². The van der Waals surface area contributed by atoms with Crippen LogP contribution in [-0.4, -0.2) is 20.1 Å². The Kier molecular flexibility index (Phi) is 4.08. The highest BCUT2D eigenvalue weighted by molar-refractivity contribution is 7.89. The van der Waals surface area contributed by atoms with E-state index in [9.17, 15) is 13.5 Å². The molecule has 2 aromatic rings. The SMILES string of the molecule is Nc1cc(S(=O)(=O)NCCc2ccsc2)ccc1O. The molecule has 1 aromatic heterocycles. The fourth-order valence-corrected chi connectivity index (χ4v) is 3.32. The molecule has 0 aliphatic carbocycles. The van der Waals surface area contributed by atoms with E-state index in [-0.39, 0.29) is 16.3 Å². The lowest BCUT2D eigenvalue weighted by molar-refractivity contribution is 0.477. The van der Waals surface area contributed by atoms with E-state index in [2.05, 4.69) is 4.72 Å². The lowest BCUT2D eigenvalue weighted by Gasteiger charge is -2.07. The predicted octanol–water partition coefficient (Wildman–Crippen LogP) is 1.56. The summed E-state index contributed by atoms with van der Waals surface area (Å²) in [5.74, 6) is -0.128. The molecule has 1 heterocycles. The maximum atomic E-state index is 12.0. The molecule has 0 bridgehead atoms. The van der Waals surface area contributed by atoms with E-state index >= 15 is 0 Å². The number of thiophene rings is 1. The molecule has 0 atom stereocenters. The average molecular weight is 298 g/mol. The normalized spacial score (nSPS) is 11.6. The van der Waals surface area contributed by atoms with E-state index in [1.54, 1.807) is 11.3 Å². The molecule has 0 saturated heterocycles. The minimum Gasteiger partial charge on any atom is -0.506 e. The van der Waals surface area contributed by atoms with Crippen LogP contribution in [0.5, 0.6) is 5.75 Å². The maximum Gasteiger partial charge on any atom is 0.240 e. The molecule has 1 aromatic carbocycles. The summed E-state index contributed by atoms with van der Waals surface area (Å²) in [6.45, 7) is 0.319. The van der Waals surface area contributed by atoms with Crippen molar-refractivity contribution in [3.8, 4) is 5.75 Å². The molecular formula is C12H14N2O3S2. The van der Waals surface area contributed by atoms with E-state index in [1.165, 1.54) is 18.2 Å². The van der Waals surface area contributed by atoms with Gasteiger partial charge in [0.15, 0.2) is 0 Å². The second-order valence-electron chi connectivity index (χ2n) is 4.00. The molecule has 0 spiro atoms. The third kappa shape index (κ3) is 3.46. The third-order valence-electron chi connectivity index (χ3n) is 2.60. The van der Waals surface area contributed by atoms with Crippen LogP contribution in [0, 0.1) is 0 Å². The van der Waals surface area contributed by atoms with Crippen LogP contribution < -0.4 is 10.5 Å². The summed E-state index contributed by atoms with van der Waals surface area (Å²) in [5, 5.41) is 13.2. The average Bonchev–Trinajstić information content (AvgIpc) is 2.85. The highest BCUT2D eigenvalue weighted by atomic mass is 32.2. The van der Waals surface area contributed by atoms with Gasteiger partial charge in [-0.2, -0.15) is 11.3 Å². The topological polar surface area (TPSA) is 92.4 Å². The van der Waals surface area contributed by atoms with Gasteiger partial charge in [-0.15, -0.1) is 0 Å². The quantitative estimate of drug-likeness (QED) is 0.577. The number of nitrogens with one attached hydrogen (secondary N) is 1. The van der Waals surface area contributed by atoms with Gasteiger partial charge in [-0.25, -0.2) is 13.1 Å². The van der Waals surface area contributed by atoms with Crippen molar-refractivity contribution >= 4 is 27.0 Å². The molecule has 0 aliphatic heterocycles. The van der Waals surface area contributed by atoms with Gasteiger partial charge in [-0.1, -0.05) is 0 Å². The molecule has 5 nitrogen and oxygen atoms in total. The molecule has 0 saturated carbocycles. The van der Waals surface area contributed by atoms with E-state index in [0.717, 1.165) is 5.56 Å². The van der Waals surface area contributed by atoms with Gasteiger partial charge in [0.25, 0.3) is 0 Å². The van der Waals surface area contributed by atoms with Crippen molar-refractivity contribution in [3.63, 3.8) is 0 Å². The van der Waals surface area contributed by atoms with Crippen LogP contribution in [0.4, 0.5) is 5.69 Å². The Hall–Kier alpha value is -1.57. The maximum absolute atomic E-state index is 12.0. The number of rotatable bonds is 5. The number of phenolic OH excluding ortho intramolecular Hbond substituents is 1. The van der Waals surface area contributed by atoms with Gasteiger partial charge >= 0.3 is 0 Å². The number of benzene rings is 1. The van der Waals surface area contributed by atoms with E-state index < -0.39 is 10.0 Å². The number of nitrogens with two attached hydrogens (primary N) is 1. The fourth-order valence-electron chi connectivity index (χ4n) is 1.55. The van der Waals surface area contributed by atoms with Crippen molar-refractivity contribution in [3.05, 3.63) is 40.6 Å². The van der Waals surface area contributed by atoms with Crippen molar-refractivity contribution in [2.75, 3.05) is 12.3 Å². The molecule has 0 unspecified atom stereocenters. The molecule has 7 heteroatoms. The zero-order valence-electron chi connectivity index (χ0n) is 10.0. The molecule has 0 amide bonds. The highest BCUT2D eigenvalue weighted by Gasteiger charge is 2.14. The van der Waals surface area contributed by atoms with Crippen molar-refractivity contribution in [2.24, 2.45) is 0 Å². The summed E-state index contributed by atoms with van der Waals surface area (Å²) >= 11 is 1.58. The Balaban J connectivity index is 2.03. The molecule has 0 fully saturated rings. The van der Waals surface area contributed by atoms with Gasteiger partial charge in [-0.3, -0.25) is 0 Å². The van der Waals surface area contributed by atoms with Crippen LogP contribution in [0.2, 0.25) is 0 Å². The monoisotopic (exact) mass is 298 g/mol. The second-order valence-corrected chi connectivity index (χ2v) is 6.55. The minimum absolute atomic E-state index is 0.0423. The number of sulfonamides is 1. The van der Waals surface area contributed by atoms with Gasteiger partial charge in [0.05, 0.1) is 10.6 Å². The van der Waals surface area contributed by atoms with Crippen molar-refractivity contribution in [1.82, 2.24) is 4.72 Å². The first-order valence-corrected chi connectivity index (χ1v) is 8.01. The summed E-state index contributed by atoms with van der Waals surface area (Å²) in [6, 6.07) is 5.78. The van der Waals surface area contributed by atoms with Gasteiger partial charge in [-0.05, 0) is 47.0 Å². The summed E-state index contributed by atoms with van der Waals surface area (Å²) < 4.78 is 26.5. The lowest BCUT2D eigenvalue weighted by atomic mass is 10.2. The Labute approximate surface area is 115 Å². The molecule has 0 aliphatic rings. The summed E-state index contributed by atoms with van der Waals surface area (Å²) in [5.41, 5.74) is 6.62. The first kappa shape index (κ1) is 13.9. The number of nitrogen functional groups attached to an aromatic ring is 1. The van der Waals surface area contributed by atoms with Crippen molar-refractivity contribution in [2.45, 2.75) is 11.3 Å². The Morgan fingerprint density at radius 2 is 2.11 bits per heavy atom. The first-order valence-electron chi connectivity index (χ1n) is 5.58. The molecule has 2 rings (SSSR count). The molecule has 19 heavy (non-hydrogen) atoms. The Bertz CT molecular complexity index is 652. The van der Waals surface area contributed by atoms with Gasteiger partial charge in [0.1, 0.15) is 5.75 Å². The lowest BCUT2D eigenvalue weighted by Crippen LogP contribution is -2.26. The minimum atomic E-state index is -3.59. The van der Waals surface area contributed by atoms with Crippen LogP contribution in [0.25, 0.3) is 0 Å². The first-order chi connectivity index (χ1) is 8.99. The van der Waals surface area contributed by atoms with Crippen LogP contribution in [0.1, 0.15) is 5.56 Å². The molecular weight excluding hydrogens is 284 g/mol. The number of phenols is 1. The number of anilines is 1. The van der Waals surface area contributed by atoms with Crippen LogP contribution in [0.15, 0.2) is 39.9 Å². The molecule has 102 valence electrons. The summed E-state index contributed by atoms with van der Waals surface area (Å²) in [6.07, 6.45) is 0.635. The largest absolute Gasteiger partial charge is 0.506 e. The summed E-state index contributed by atoms with van der Waals surface area (Å²) in [7, 11) is -3.59. The highest BCUT2D eigenvalue weighted by Crippen LogP contribution is 2.22. The fraction of sp³-hybridized carbons (Fsp3) is 0.167. The Morgan fingerprint density at radius 3 is 2.74 bits per heavy atom. The van der Waals surface area contributed by atoms with E-state index in [0.29, 0.717) is 13.0 Å². The van der Waals surface area contributed by atoms with Crippen molar-refractivity contribution < 1.29 is 13.5 Å². The van der Waals surface area contributed by atoms with Crippen molar-refractivity contribution in [1.29, 1.82) is 0 Å². The van der Waals surface area contributed by atoms with Gasteiger partial charge in [0, 0.05) is 6.54 Å². The Morgan fingerprint density at radius 1 is 1.32 bits per heavy atom. The number of hydrogen-bond acceptors (Lipinski definition) is 5. The third-order valence-corrected chi connectivity index (χ3v) is 4.79. The standard InChI is InChI=1S/C12H14N2O3S2/c13-11-7-10(1-2-12(11)15)19(16,17)14-5-3-9-4-6-18-8-9/h1-2,4,6-8,14-15H,3,5,13H2. The zero-order valence-corrected chi connectivity index (χ0v) is 11.7. The number of aromatic hydroxyl groups is 1. The number of hydrogen-bond donors (Lipinski definition) is 3. The van der Waals surface area contributed by atoms with Crippen LogP contribution >= 0.6 is 11.3 Å². The smallest absolute Gasteiger partial charge is 0.240 e. The predicted molar refractivity (Wildman–Crippen MR) is 75.7 cm³/mol. The van der Waals surface area contributed by atoms with Crippen LogP contribution in [0.3, 0.4) is 0 Å². The van der Waals surface area contributed by atoms with E-state index in [1.807, 2.05) is 16.8 Å². The van der Waals surface area contributed by atoms with E-state index in [4.69, 9.17) is 5.73 Å². The molecule has 4 N–H and O–H groups in total.